The zero-order valence-electron chi connectivity index (χ0n) is 9.84. The number of benzene rings is 1. The molecule has 0 fully saturated rings. The Labute approximate surface area is 119 Å². The maximum absolute atomic E-state index is 12.3. The van der Waals surface area contributed by atoms with E-state index in [2.05, 4.69) is 10.1 Å². The van der Waals surface area contributed by atoms with Crippen molar-refractivity contribution in [3.05, 3.63) is 46.0 Å². The van der Waals surface area contributed by atoms with Gasteiger partial charge in [0.05, 0.1) is 5.02 Å². The van der Waals surface area contributed by atoms with Gasteiger partial charge in [-0.3, -0.25) is 4.79 Å². The van der Waals surface area contributed by atoms with E-state index in [1.807, 2.05) is 0 Å². The lowest BCUT2D eigenvalue weighted by molar-refractivity contribution is 0.0928. The minimum Gasteiger partial charge on any atom is -0.292 e. The predicted octanol–water partition coefficient (Wildman–Crippen LogP) is 2.90. The predicted molar refractivity (Wildman–Crippen MR) is 70.2 cm³/mol. The van der Waals surface area contributed by atoms with Gasteiger partial charge in [-0.15, -0.1) is 5.10 Å². The fraction of sp³-hybridized carbons (Fsp3) is 0.167. The lowest BCUT2D eigenvalue weighted by Gasteiger charge is -2.11. The molecule has 0 radical (unpaired) electrons. The highest BCUT2D eigenvalue weighted by atomic mass is 35.5. The van der Waals surface area contributed by atoms with Crippen LogP contribution in [0.1, 0.15) is 29.1 Å². The molecule has 1 atom stereocenters. The first kappa shape index (κ1) is 13.5. The number of carbonyl (C=O) groups is 1. The first-order chi connectivity index (χ1) is 9.02. The summed E-state index contributed by atoms with van der Waals surface area (Å²) < 4.78 is 1.33. The van der Waals surface area contributed by atoms with E-state index >= 15 is 0 Å². The summed E-state index contributed by atoms with van der Waals surface area (Å²) in [5.41, 5.74) is 0.354. The largest absolute Gasteiger partial charge is 0.292 e. The van der Waals surface area contributed by atoms with E-state index in [4.69, 9.17) is 28.5 Å². The van der Waals surface area contributed by atoms with Crippen molar-refractivity contribution in [2.24, 2.45) is 0 Å². The number of aromatic nitrogens is 3. The second-order valence-electron chi connectivity index (χ2n) is 3.82. The highest BCUT2D eigenvalue weighted by molar-refractivity contribution is 6.36. The summed E-state index contributed by atoms with van der Waals surface area (Å²) >= 11 is 11.8. The molecule has 1 unspecified atom stereocenters. The number of carbonyl (C=O) groups excluding carboxylic acids is 1. The van der Waals surface area contributed by atoms with E-state index in [-0.39, 0.29) is 16.6 Å². The fourth-order valence-corrected chi connectivity index (χ4v) is 2.05. The zero-order valence-corrected chi connectivity index (χ0v) is 11.4. The van der Waals surface area contributed by atoms with Crippen molar-refractivity contribution in [3.63, 3.8) is 0 Å². The minimum absolute atomic E-state index is 0.0156. The van der Waals surface area contributed by atoms with Crippen LogP contribution in [0.2, 0.25) is 10.0 Å². The summed E-state index contributed by atoms with van der Waals surface area (Å²) in [4.78, 5) is 16.0. The number of nitrogens with zero attached hydrogens (tertiary/aromatic N) is 4. The molecule has 0 saturated carbocycles. The van der Waals surface area contributed by atoms with Crippen LogP contribution in [0.5, 0.6) is 0 Å². The smallest absolute Gasteiger partial charge is 0.252 e. The standard InChI is InChI=1S/C12H8Cl2N4O/c1-7(18-6-16-11(5-15)17-18)12(19)9-3-2-8(13)4-10(9)14/h2-4,6-7H,1H3. The number of nitriles is 1. The Hall–Kier alpha value is -1.90. The lowest BCUT2D eigenvalue weighted by atomic mass is 10.1. The molecule has 0 N–H and O–H groups in total. The van der Waals surface area contributed by atoms with Gasteiger partial charge >= 0.3 is 0 Å². The van der Waals surface area contributed by atoms with Crippen LogP contribution >= 0.6 is 23.2 Å². The zero-order chi connectivity index (χ0) is 14.0. The molecule has 0 aliphatic carbocycles. The van der Waals surface area contributed by atoms with Crippen LogP contribution < -0.4 is 0 Å². The summed E-state index contributed by atoms with van der Waals surface area (Å²) in [5.74, 6) is -0.210. The molecule has 5 nitrogen and oxygen atoms in total. The lowest BCUT2D eigenvalue weighted by Crippen LogP contribution is -2.17. The van der Waals surface area contributed by atoms with Gasteiger partial charge in [-0.25, -0.2) is 9.67 Å². The van der Waals surface area contributed by atoms with E-state index in [0.717, 1.165) is 0 Å². The Morgan fingerprint density at radius 2 is 2.21 bits per heavy atom. The van der Waals surface area contributed by atoms with Crippen molar-refractivity contribution >= 4 is 29.0 Å². The van der Waals surface area contributed by atoms with Crippen molar-refractivity contribution in [3.8, 4) is 6.07 Å². The highest BCUT2D eigenvalue weighted by Crippen LogP contribution is 2.24. The normalized spacial score (nSPS) is 11.9. The van der Waals surface area contributed by atoms with Crippen molar-refractivity contribution < 1.29 is 4.79 Å². The molecule has 0 aliphatic rings. The molecular formula is C12H8Cl2N4O. The summed E-state index contributed by atoms with van der Waals surface area (Å²) in [6.07, 6.45) is 1.34. The third-order valence-electron chi connectivity index (χ3n) is 2.58. The fourth-order valence-electron chi connectivity index (χ4n) is 1.55. The average Bonchev–Trinajstić information content (AvgIpc) is 2.86. The second-order valence-corrected chi connectivity index (χ2v) is 4.67. The average molecular weight is 295 g/mol. The molecule has 0 bridgehead atoms. The molecule has 0 aliphatic heterocycles. The first-order valence-corrected chi connectivity index (χ1v) is 6.09. The molecule has 1 heterocycles. The van der Waals surface area contributed by atoms with Gasteiger partial charge in [0.25, 0.3) is 5.82 Å². The maximum atomic E-state index is 12.3. The molecule has 19 heavy (non-hydrogen) atoms. The molecular weight excluding hydrogens is 287 g/mol. The van der Waals surface area contributed by atoms with Crippen molar-refractivity contribution in [1.29, 1.82) is 5.26 Å². The third kappa shape index (κ3) is 2.75. The summed E-state index contributed by atoms with van der Waals surface area (Å²) in [7, 11) is 0. The number of hydrogen-bond donors (Lipinski definition) is 0. The molecule has 0 spiro atoms. The van der Waals surface area contributed by atoms with Crippen molar-refractivity contribution in [2.45, 2.75) is 13.0 Å². The van der Waals surface area contributed by atoms with Crippen molar-refractivity contribution in [1.82, 2.24) is 14.8 Å². The van der Waals surface area contributed by atoms with E-state index in [0.29, 0.717) is 10.6 Å². The van der Waals surface area contributed by atoms with E-state index in [1.54, 1.807) is 25.1 Å². The Bertz CT molecular complexity index is 675. The number of ketones is 1. The van der Waals surface area contributed by atoms with Gasteiger partial charge in [-0.2, -0.15) is 5.26 Å². The van der Waals surface area contributed by atoms with Gasteiger partial charge in [-0.1, -0.05) is 23.2 Å². The van der Waals surface area contributed by atoms with Gasteiger partial charge < -0.3 is 0 Å². The van der Waals surface area contributed by atoms with Crippen LogP contribution in [0.3, 0.4) is 0 Å². The highest BCUT2D eigenvalue weighted by Gasteiger charge is 2.20. The number of rotatable bonds is 3. The molecule has 2 aromatic rings. The van der Waals surface area contributed by atoms with Gasteiger partial charge in [0.15, 0.2) is 5.78 Å². The Morgan fingerprint density at radius 3 is 2.79 bits per heavy atom. The number of hydrogen-bond acceptors (Lipinski definition) is 4. The molecule has 96 valence electrons. The molecule has 1 aromatic carbocycles. The maximum Gasteiger partial charge on any atom is 0.252 e. The van der Waals surface area contributed by atoms with Crippen LogP contribution in [-0.2, 0) is 0 Å². The summed E-state index contributed by atoms with van der Waals surface area (Å²) in [6, 6.07) is 5.86. The van der Waals surface area contributed by atoms with Gasteiger partial charge in [0.1, 0.15) is 18.4 Å². The molecule has 2 rings (SSSR count). The van der Waals surface area contributed by atoms with E-state index < -0.39 is 6.04 Å². The number of Topliss-reactive ketones (excluding diaryl/α,β-unsaturated/α-hetero) is 1. The first-order valence-electron chi connectivity index (χ1n) is 5.33. The van der Waals surface area contributed by atoms with E-state index in [1.165, 1.54) is 17.1 Å². The van der Waals surface area contributed by atoms with E-state index in [9.17, 15) is 4.79 Å². The monoisotopic (exact) mass is 294 g/mol. The van der Waals surface area contributed by atoms with Crippen LogP contribution in [0, 0.1) is 11.3 Å². The second kappa shape index (κ2) is 5.39. The Morgan fingerprint density at radius 1 is 1.47 bits per heavy atom. The molecule has 7 heteroatoms. The Balaban J connectivity index is 2.31. The summed E-state index contributed by atoms with van der Waals surface area (Å²) in [6.45, 7) is 1.66. The van der Waals surface area contributed by atoms with Gasteiger partial charge in [-0.05, 0) is 25.1 Å². The quantitative estimate of drug-likeness (QED) is 0.816. The minimum atomic E-state index is -0.603. The van der Waals surface area contributed by atoms with Gasteiger partial charge in [0, 0.05) is 10.6 Å². The summed E-state index contributed by atoms with van der Waals surface area (Å²) in [5, 5.41) is 13.3. The van der Waals surface area contributed by atoms with Crippen molar-refractivity contribution in [2.75, 3.05) is 0 Å². The SMILES string of the molecule is CC(C(=O)c1ccc(Cl)cc1Cl)n1cnc(C#N)n1. The van der Waals surface area contributed by atoms with Gasteiger partial charge in [0.2, 0.25) is 0 Å². The topological polar surface area (TPSA) is 71.6 Å². The van der Waals surface area contributed by atoms with Crippen LogP contribution in [0.25, 0.3) is 0 Å². The Kier molecular flexibility index (Phi) is 3.84. The molecule has 0 saturated heterocycles. The number of halogens is 2. The molecule has 1 aromatic heterocycles. The van der Waals surface area contributed by atoms with Crippen LogP contribution in [-0.4, -0.2) is 20.5 Å². The molecule has 0 amide bonds. The van der Waals surface area contributed by atoms with Crippen LogP contribution in [0.4, 0.5) is 0 Å². The third-order valence-corrected chi connectivity index (χ3v) is 3.13. The van der Waals surface area contributed by atoms with Crippen LogP contribution in [0.15, 0.2) is 24.5 Å².